The third-order valence-corrected chi connectivity index (χ3v) is 7.82. The highest BCUT2D eigenvalue weighted by molar-refractivity contribution is 8.26. The normalized spacial score (nSPS) is 17.9. The first kappa shape index (κ1) is 23.1. The van der Waals surface area contributed by atoms with Crippen molar-refractivity contribution in [2.75, 3.05) is 31.2 Å². The summed E-state index contributed by atoms with van der Waals surface area (Å²) in [5.74, 6) is -0.224. The lowest BCUT2D eigenvalue weighted by Crippen LogP contribution is -2.38. The zero-order valence-corrected chi connectivity index (χ0v) is 20.9. The number of halogens is 1. The number of pyridine rings is 1. The number of thioether (sulfide) groups is 1. The number of morpholine rings is 1. The van der Waals surface area contributed by atoms with Gasteiger partial charge in [0.2, 0.25) is 0 Å². The Labute approximate surface area is 211 Å². The van der Waals surface area contributed by atoms with E-state index in [2.05, 4.69) is 4.90 Å². The molecular formula is C25H22ClN3O3S2. The van der Waals surface area contributed by atoms with Crippen LogP contribution >= 0.6 is 35.6 Å². The Morgan fingerprint density at radius 2 is 1.79 bits per heavy atom. The van der Waals surface area contributed by atoms with Gasteiger partial charge in [-0.25, -0.2) is 0 Å². The summed E-state index contributed by atoms with van der Waals surface area (Å²) in [5, 5.41) is 1.54. The molecule has 0 atom stereocenters. The van der Waals surface area contributed by atoms with Gasteiger partial charge in [-0.1, -0.05) is 72.0 Å². The lowest BCUT2D eigenvalue weighted by molar-refractivity contribution is -0.122. The van der Waals surface area contributed by atoms with E-state index in [1.165, 1.54) is 16.7 Å². The maximum absolute atomic E-state index is 13.5. The van der Waals surface area contributed by atoms with Crippen LogP contribution in [0.5, 0.6) is 0 Å². The summed E-state index contributed by atoms with van der Waals surface area (Å²) in [6.07, 6.45) is 1.70. The molecule has 6 nitrogen and oxygen atoms in total. The van der Waals surface area contributed by atoms with E-state index in [1.807, 2.05) is 42.5 Å². The van der Waals surface area contributed by atoms with Gasteiger partial charge in [0.05, 0.1) is 41.4 Å². The van der Waals surface area contributed by atoms with Crippen molar-refractivity contribution in [3.8, 4) is 0 Å². The smallest absolute Gasteiger partial charge is 0.266 e. The van der Waals surface area contributed by atoms with E-state index in [9.17, 15) is 9.59 Å². The highest BCUT2D eigenvalue weighted by Crippen LogP contribution is 2.37. The Morgan fingerprint density at radius 3 is 2.56 bits per heavy atom. The quantitative estimate of drug-likeness (QED) is 0.381. The minimum Gasteiger partial charge on any atom is -0.378 e. The molecule has 1 amide bonds. The minimum absolute atomic E-state index is 0.156. The molecule has 2 aromatic carbocycles. The van der Waals surface area contributed by atoms with Crippen LogP contribution in [0.1, 0.15) is 11.1 Å². The Hall–Kier alpha value is -2.65. The van der Waals surface area contributed by atoms with Gasteiger partial charge in [0, 0.05) is 30.5 Å². The summed E-state index contributed by atoms with van der Waals surface area (Å²) < 4.78 is 7.62. The van der Waals surface area contributed by atoms with Crippen LogP contribution < -0.4 is 10.5 Å². The SMILES string of the molecule is Cn1c(=O)c(C=C2SC(=S)N(Cc3ccccc3Cl)C2=O)c(N2CCOCC2)c2ccccc21. The maximum Gasteiger partial charge on any atom is 0.266 e. The molecule has 0 saturated carbocycles. The molecule has 0 radical (unpaired) electrons. The molecule has 2 fully saturated rings. The third kappa shape index (κ3) is 4.15. The standard InChI is InChI=1S/C25H22ClN3O3S2/c1-27-20-9-5-3-7-17(20)22(28-10-12-32-13-11-28)18(23(27)30)14-21-24(31)29(25(33)34-21)15-16-6-2-4-8-19(16)26/h2-9,14H,10-13,15H2,1H3. The first-order chi connectivity index (χ1) is 16.5. The number of nitrogens with zero attached hydrogens (tertiary/aromatic N) is 3. The molecule has 0 unspecified atom stereocenters. The van der Waals surface area contributed by atoms with Gasteiger partial charge in [0.15, 0.2) is 0 Å². The lowest BCUT2D eigenvalue weighted by atomic mass is 10.1. The fourth-order valence-corrected chi connectivity index (χ4v) is 5.76. The van der Waals surface area contributed by atoms with Crippen LogP contribution in [0.2, 0.25) is 5.02 Å². The predicted molar refractivity (Wildman–Crippen MR) is 142 cm³/mol. The highest BCUT2D eigenvalue weighted by atomic mass is 35.5. The summed E-state index contributed by atoms with van der Waals surface area (Å²) in [5.41, 5.74) is 2.83. The van der Waals surface area contributed by atoms with Crippen molar-refractivity contribution in [1.82, 2.24) is 9.47 Å². The van der Waals surface area contributed by atoms with E-state index in [4.69, 9.17) is 28.6 Å². The molecule has 3 heterocycles. The number of hydrogen-bond donors (Lipinski definition) is 0. The van der Waals surface area contributed by atoms with E-state index in [-0.39, 0.29) is 18.0 Å². The minimum atomic E-state index is -0.224. The summed E-state index contributed by atoms with van der Waals surface area (Å²) in [6.45, 7) is 2.80. The van der Waals surface area contributed by atoms with Gasteiger partial charge in [-0.3, -0.25) is 14.5 Å². The van der Waals surface area contributed by atoms with Crippen LogP contribution in [-0.4, -0.2) is 46.0 Å². The fraction of sp³-hybridized carbons (Fsp3) is 0.240. The topological polar surface area (TPSA) is 54.8 Å². The van der Waals surface area contributed by atoms with Crippen LogP contribution in [0.25, 0.3) is 17.0 Å². The lowest BCUT2D eigenvalue weighted by Gasteiger charge is -2.31. The fourth-order valence-electron chi connectivity index (χ4n) is 4.32. The van der Waals surface area contributed by atoms with E-state index in [1.54, 1.807) is 23.8 Å². The van der Waals surface area contributed by atoms with Crippen molar-refractivity contribution in [3.63, 3.8) is 0 Å². The van der Waals surface area contributed by atoms with Crippen molar-refractivity contribution in [2.45, 2.75) is 6.54 Å². The summed E-state index contributed by atoms with van der Waals surface area (Å²) in [6, 6.07) is 15.2. The van der Waals surface area contributed by atoms with Gasteiger partial charge in [0.25, 0.3) is 11.5 Å². The number of aromatic nitrogens is 1. The van der Waals surface area contributed by atoms with Crippen molar-refractivity contribution in [3.05, 3.63) is 79.9 Å². The van der Waals surface area contributed by atoms with Crippen LogP contribution in [0, 0.1) is 0 Å². The summed E-state index contributed by atoms with van der Waals surface area (Å²) in [4.78, 5) is 31.0. The average Bonchev–Trinajstić information content (AvgIpc) is 3.11. The monoisotopic (exact) mass is 511 g/mol. The predicted octanol–water partition coefficient (Wildman–Crippen LogP) is 4.43. The Bertz CT molecular complexity index is 1400. The van der Waals surface area contributed by atoms with Gasteiger partial charge >= 0.3 is 0 Å². The molecule has 9 heteroatoms. The number of amides is 1. The van der Waals surface area contributed by atoms with E-state index in [0.29, 0.717) is 46.1 Å². The highest BCUT2D eigenvalue weighted by Gasteiger charge is 2.33. The molecule has 1 aromatic heterocycles. The van der Waals surface area contributed by atoms with Crippen molar-refractivity contribution < 1.29 is 9.53 Å². The molecule has 2 aliphatic rings. The number of anilines is 1. The second kappa shape index (κ2) is 9.54. The molecule has 3 aromatic rings. The van der Waals surface area contributed by atoms with Crippen LogP contribution in [0.3, 0.4) is 0 Å². The number of aryl methyl sites for hydroxylation is 1. The van der Waals surface area contributed by atoms with Gasteiger partial charge in [-0.05, 0) is 23.8 Å². The number of rotatable bonds is 4. The van der Waals surface area contributed by atoms with Crippen LogP contribution in [0.4, 0.5) is 5.69 Å². The van der Waals surface area contributed by atoms with Crippen LogP contribution in [0.15, 0.2) is 58.2 Å². The van der Waals surface area contributed by atoms with Crippen molar-refractivity contribution >= 4 is 68.5 Å². The first-order valence-electron chi connectivity index (χ1n) is 10.9. The van der Waals surface area contributed by atoms with Gasteiger partial charge in [0.1, 0.15) is 4.32 Å². The first-order valence-corrected chi connectivity index (χ1v) is 12.5. The number of fused-ring (bicyclic) bond motifs is 1. The number of benzene rings is 2. The largest absolute Gasteiger partial charge is 0.378 e. The van der Waals surface area contributed by atoms with Gasteiger partial charge in [-0.15, -0.1) is 0 Å². The molecule has 0 aliphatic carbocycles. The van der Waals surface area contributed by atoms with E-state index >= 15 is 0 Å². The summed E-state index contributed by atoms with van der Waals surface area (Å²) >= 11 is 13.0. The Kier molecular flexibility index (Phi) is 6.48. The third-order valence-electron chi connectivity index (χ3n) is 6.07. The zero-order valence-electron chi connectivity index (χ0n) is 18.5. The van der Waals surface area contributed by atoms with Crippen molar-refractivity contribution in [2.24, 2.45) is 7.05 Å². The molecule has 2 saturated heterocycles. The van der Waals surface area contributed by atoms with Crippen LogP contribution in [-0.2, 0) is 23.1 Å². The van der Waals surface area contributed by atoms with E-state index < -0.39 is 0 Å². The number of thiocarbonyl (C=S) groups is 1. The second-order valence-electron chi connectivity index (χ2n) is 8.10. The van der Waals surface area contributed by atoms with E-state index in [0.717, 1.165) is 22.2 Å². The molecule has 5 rings (SSSR count). The molecule has 0 spiro atoms. The Balaban J connectivity index is 1.60. The zero-order chi connectivity index (χ0) is 23.8. The number of hydrogen-bond acceptors (Lipinski definition) is 6. The molecule has 2 aliphatic heterocycles. The second-order valence-corrected chi connectivity index (χ2v) is 10.2. The molecule has 34 heavy (non-hydrogen) atoms. The maximum atomic E-state index is 13.5. The number of carbonyl (C=O) groups is 1. The average molecular weight is 512 g/mol. The van der Waals surface area contributed by atoms with Gasteiger partial charge in [-0.2, -0.15) is 0 Å². The number of carbonyl (C=O) groups excluding carboxylic acids is 1. The molecule has 174 valence electrons. The molecule has 0 bridgehead atoms. The summed E-state index contributed by atoms with van der Waals surface area (Å²) in [7, 11) is 1.76. The Morgan fingerprint density at radius 1 is 1.09 bits per heavy atom. The number of para-hydroxylation sites is 1. The number of ether oxygens (including phenoxy) is 1. The van der Waals surface area contributed by atoms with Gasteiger partial charge < -0.3 is 14.2 Å². The molecular weight excluding hydrogens is 490 g/mol. The molecule has 0 N–H and O–H groups in total. The van der Waals surface area contributed by atoms with Crippen molar-refractivity contribution in [1.29, 1.82) is 0 Å².